The average Bonchev–Trinajstić information content (AvgIpc) is 2.72. The number of carbonyl (C=O) groups is 2. The van der Waals surface area contributed by atoms with Crippen LogP contribution in [0.5, 0.6) is 5.75 Å². The molecule has 1 N–H and O–H groups in total. The summed E-state index contributed by atoms with van der Waals surface area (Å²) in [5, 5.41) is 3.62. The van der Waals surface area contributed by atoms with Gasteiger partial charge in [0.05, 0.1) is 0 Å². The molecule has 0 saturated heterocycles. The molecule has 0 bridgehead atoms. The Labute approximate surface area is 188 Å². The maximum atomic E-state index is 13.0. The van der Waals surface area contributed by atoms with Crippen molar-refractivity contribution in [1.29, 1.82) is 0 Å². The van der Waals surface area contributed by atoms with Gasteiger partial charge in [-0.15, -0.1) is 0 Å². The highest BCUT2D eigenvalue weighted by atomic mass is 35.5. The number of amides is 2. The van der Waals surface area contributed by atoms with Crippen LogP contribution in [0, 0.1) is 0 Å². The lowest BCUT2D eigenvalue weighted by Gasteiger charge is -2.29. The molecule has 2 amide bonds. The molecule has 0 spiro atoms. The van der Waals surface area contributed by atoms with Gasteiger partial charge >= 0.3 is 0 Å². The SMILES string of the molecule is CCNC(=O)[C@@H](C)N(Cc1c(Cl)cccc1Cl)C(=O)COc1ccc(C(C)C)cc1. The van der Waals surface area contributed by atoms with Crippen LogP contribution >= 0.6 is 23.2 Å². The van der Waals surface area contributed by atoms with Crippen LogP contribution in [0.15, 0.2) is 42.5 Å². The molecule has 2 rings (SSSR count). The van der Waals surface area contributed by atoms with Gasteiger partial charge in [-0.2, -0.15) is 0 Å². The third-order valence-electron chi connectivity index (χ3n) is 4.82. The Morgan fingerprint density at radius 3 is 2.17 bits per heavy atom. The van der Waals surface area contributed by atoms with Gasteiger partial charge in [-0.1, -0.05) is 55.2 Å². The molecule has 0 aliphatic carbocycles. The Bertz CT molecular complexity index is 849. The summed E-state index contributed by atoms with van der Waals surface area (Å²) in [6.07, 6.45) is 0. The summed E-state index contributed by atoms with van der Waals surface area (Å²) in [5.74, 6) is 0.414. The summed E-state index contributed by atoms with van der Waals surface area (Å²) in [6, 6.07) is 12.1. The summed E-state index contributed by atoms with van der Waals surface area (Å²) >= 11 is 12.6. The van der Waals surface area contributed by atoms with E-state index in [1.54, 1.807) is 25.1 Å². The molecule has 5 nitrogen and oxygen atoms in total. The van der Waals surface area contributed by atoms with Gasteiger partial charge in [-0.05, 0) is 49.6 Å². The molecule has 7 heteroatoms. The van der Waals surface area contributed by atoms with Crippen LogP contribution in [0.4, 0.5) is 0 Å². The fraction of sp³-hybridized carbons (Fsp3) is 0.391. The molecule has 0 fully saturated rings. The first-order valence-corrected chi connectivity index (χ1v) is 10.7. The summed E-state index contributed by atoms with van der Waals surface area (Å²) < 4.78 is 5.68. The monoisotopic (exact) mass is 450 g/mol. The van der Waals surface area contributed by atoms with Crippen LogP contribution in [0.1, 0.15) is 44.7 Å². The van der Waals surface area contributed by atoms with Gasteiger partial charge in [0.2, 0.25) is 5.91 Å². The van der Waals surface area contributed by atoms with Gasteiger partial charge in [0.15, 0.2) is 6.61 Å². The molecular weight excluding hydrogens is 423 g/mol. The van der Waals surface area contributed by atoms with Crippen molar-refractivity contribution in [3.63, 3.8) is 0 Å². The van der Waals surface area contributed by atoms with Crippen molar-refractivity contribution in [2.75, 3.05) is 13.2 Å². The Kier molecular flexibility index (Phi) is 9.00. The van der Waals surface area contributed by atoms with Crippen molar-refractivity contribution in [1.82, 2.24) is 10.2 Å². The van der Waals surface area contributed by atoms with E-state index in [4.69, 9.17) is 27.9 Å². The van der Waals surface area contributed by atoms with Gasteiger partial charge in [0.1, 0.15) is 11.8 Å². The number of benzene rings is 2. The molecule has 1 atom stereocenters. The molecule has 0 aliphatic rings. The number of likely N-dealkylation sites (N-methyl/N-ethyl adjacent to an activating group) is 1. The van der Waals surface area contributed by atoms with E-state index in [0.29, 0.717) is 33.8 Å². The molecule has 162 valence electrons. The van der Waals surface area contributed by atoms with Crippen molar-refractivity contribution in [3.8, 4) is 5.75 Å². The Morgan fingerprint density at radius 2 is 1.63 bits per heavy atom. The number of nitrogens with zero attached hydrogens (tertiary/aromatic N) is 1. The molecule has 2 aromatic carbocycles. The minimum atomic E-state index is -0.711. The first kappa shape index (κ1) is 24.0. The quantitative estimate of drug-likeness (QED) is 0.581. The fourth-order valence-corrected chi connectivity index (χ4v) is 3.45. The minimum Gasteiger partial charge on any atom is -0.484 e. The number of halogens is 2. The lowest BCUT2D eigenvalue weighted by Crippen LogP contribution is -2.49. The van der Waals surface area contributed by atoms with Crippen molar-refractivity contribution in [2.24, 2.45) is 0 Å². The van der Waals surface area contributed by atoms with Gasteiger partial charge in [0.25, 0.3) is 5.91 Å². The summed E-state index contributed by atoms with van der Waals surface area (Å²) in [4.78, 5) is 26.8. The largest absolute Gasteiger partial charge is 0.484 e. The zero-order valence-corrected chi connectivity index (χ0v) is 19.3. The summed E-state index contributed by atoms with van der Waals surface area (Å²) in [6.45, 7) is 8.09. The number of rotatable bonds is 9. The van der Waals surface area contributed by atoms with Crippen LogP contribution in [0.25, 0.3) is 0 Å². The standard InChI is InChI=1S/C23H28Cl2N2O3/c1-5-26-23(29)16(4)27(13-19-20(24)7-6-8-21(19)25)22(28)14-30-18-11-9-17(10-12-18)15(2)3/h6-12,15-16H,5,13-14H2,1-4H3,(H,26,29)/t16-/m1/s1. The van der Waals surface area contributed by atoms with E-state index in [0.717, 1.165) is 0 Å². The highest BCUT2D eigenvalue weighted by molar-refractivity contribution is 6.36. The van der Waals surface area contributed by atoms with Crippen LogP contribution in [0.3, 0.4) is 0 Å². The number of ether oxygens (including phenoxy) is 1. The van der Waals surface area contributed by atoms with Crippen LogP contribution < -0.4 is 10.1 Å². The second kappa shape index (κ2) is 11.2. The maximum absolute atomic E-state index is 13.0. The molecule has 0 saturated carbocycles. The third kappa shape index (κ3) is 6.38. The molecule has 0 heterocycles. The Balaban J connectivity index is 2.18. The number of nitrogens with one attached hydrogen (secondary N) is 1. The summed E-state index contributed by atoms with van der Waals surface area (Å²) in [5.41, 5.74) is 1.78. The predicted octanol–water partition coefficient (Wildman–Crippen LogP) is 5.05. The van der Waals surface area contributed by atoms with E-state index in [1.807, 2.05) is 31.2 Å². The van der Waals surface area contributed by atoms with Crippen molar-refractivity contribution < 1.29 is 14.3 Å². The van der Waals surface area contributed by atoms with Gasteiger partial charge < -0.3 is 15.0 Å². The van der Waals surface area contributed by atoms with Crippen LogP contribution in [-0.4, -0.2) is 35.9 Å². The van der Waals surface area contributed by atoms with Gasteiger partial charge in [-0.3, -0.25) is 9.59 Å². The lowest BCUT2D eigenvalue weighted by molar-refractivity contribution is -0.142. The number of hydrogen-bond acceptors (Lipinski definition) is 3. The van der Waals surface area contributed by atoms with E-state index in [2.05, 4.69) is 19.2 Å². The summed E-state index contributed by atoms with van der Waals surface area (Å²) in [7, 11) is 0. The van der Waals surface area contributed by atoms with Crippen molar-refractivity contribution in [3.05, 3.63) is 63.6 Å². The van der Waals surface area contributed by atoms with E-state index >= 15 is 0 Å². The zero-order valence-electron chi connectivity index (χ0n) is 17.7. The molecule has 30 heavy (non-hydrogen) atoms. The van der Waals surface area contributed by atoms with Crippen molar-refractivity contribution in [2.45, 2.75) is 46.2 Å². The van der Waals surface area contributed by atoms with E-state index in [-0.39, 0.29) is 25.0 Å². The lowest BCUT2D eigenvalue weighted by atomic mass is 10.0. The van der Waals surface area contributed by atoms with Gasteiger partial charge in [0, 0.05) is 28.7 Å². The highest BCUT2D eigenvalue weighted by Gasteiger charge is 2.27. The second-order valence-corrected chi connectivity index (χ2v) is 8.12. The first-order chi connectivity index (χ1) is 14.2. The third-order valence-corrected chi connectivity index (χ3v) is 5.53. The smallest absolute Gasteiger partial charge is 0.261 e. The van der Waals surface area contributed by atoms with Crippen molar-refractivity contribution >= 4 is 35.0 Å². The first-order valence-electron chi connectivity index (χ1n) is 9.97. The van der Waals surface area contributed by atoms with Crippen LogP contribution in [-0.2, 0) is 16.1 Å². The van der Waals surface area contributed by atoms with E-state index in [9.17, 15) is 9.59 Å². The average molecular weight is 451 g/mol. The molecule has 2 aromatic rings. The predicted molar refractivity (Wildman–Crippen MR) is 121 cm³/mol. The molecule has 0 unspecified atom stereocenters. The molecule has 0 aromatic heterocycles. The molecule has 0 radical (unpaired) electrons. The second-order valence-electron chi connectivity index (χ2n) is 7.30. The number of hydrogen-bond donors (Lipinski definition) is 1. The zero-order chi connectivity index (χ0) is 22.3. The maximum Gasteiger partial charge on any atom is 0.261 e. The van der Waals surface area contributed by atoms with Gasteiger partial charge in [-0.25, -0.2) is 0 Å². The topological polar surface area (TPSA) is 58.6 Å². The fourth-order valence-electron chi connectivity index (χ4n) is 2.94. The highest BCUT2D eigenvalue weighted by Crippen LogP contribution is 2.26. The normalized spacial score (nSPS) is 11.8. The Hall–Kier alpha value is -2.24. The Morgan fingerprint density at radius 1 is 1.03 bits per heavy atom. The number of carbonyl (C=O) groups excluding carboxylic acids is 2. The van der Waals surface area contributed by atoms with E-state index in [1.165, 1.54) is 10.5 Å². The van der Waals surface area contributed by atoms with Crippen LogP contribution in [0.2, 0.25) is 10.0 Å². The molecular formula is C23H28Cl2N2O3. The minimum absolute atomic E-state index is 0.102. The van der Waals surface area contributed by atoms with E-state index < -0.39 is 6.04 Å². The molecule has 0 aliphatic heterocycles.